The third kappa shape index (κ3) is 96.0. The average Bonchev–Trinajstić information content (AvgIpc) is 1.73. The second kappa shape index (κ2) is 39.8. The van der Waals surface area contributed by atoms with Gasteiger partial charge in [0.25, 0.3) is 0 Å². The summed E-state index contributed by atoms with van der Waals surface area (Å²) >= 11 is 2.22. The van der Waals surface area contributed by atoms with Gasteiger partial charge in [0.2, 0.25) is 0 Å². The minimum atomic E-state index is -1.32. The van der Waals surface area contributed by atoms with Gasteiger partial charge in [-0.2, -0.15) is 0 Å². The molecule has 6 heavy (non-hydrogen) atoms. The molecule has 0 aromatic heterocycles. The Morgan fingerprint density at radius 2 is 2.33 bits per heavy atom. The van der Waals surface area contributed by atoms with Crippen LogP contribution in [0.1, 0.15) is 2.74 Å². The van der Waals surface area contributed by atoms with Crippen molar-refractivity contribution in [3.05, 3.63) is 6.90 Å². The van der Waals surface area contributed by atoms with Crippen molar-refractivity contribution in [3.8, 4) is 0 Å². The zero-order valence-corrected chi connectivity index (χ0v) is 5.11. The van der Waals surface area contributed by atoms with Crippen LogP contribution in [-0.4, -0.2) is 17.2 Å². The Balaban J connectivity index is -0.0000000750. The quantitative estimate of drug-likeness (QED) is 0.464. The molecule has 0 spiro atoms. The second-order valence-corrected chi connectivity index (χ2v) is 0.149. The Hall–Kier alpha value is 0.872. The normalized spacial score (nSPS) is 14.0. The molecule has 0 amide bonds. The Bertz CT molecular complexity index is 32.0. The predicted octanol–water partition coefficient (Wildman–Crippen LogP) is -0.325. The molecule has 0 aliphatic rings. The molecule has 0 radical (unpaired) electrons. The Morgan fingerprint density at radius 1 is 2.17 bits per heavy atom. The monoisotopic (exact) mass is 206 g/mol. The summed E-state index contributed by atoms with van der Waals surface area (Å²) in [5.41, 5.74) is 0. The van der Waals surface area contributed by atoms with E-state index in [0.29, 0.717) is 6.90 Å². The summed E-state index contributed by atoms with van der Waals surface area (Å²) in [5.74, 6) is 0. The van der Waals surface area contributed by atoms with E-state index in [1.54, 1.807) is 0 Å². The molecule has 0 saturated heterocycles. The SMILES string of the molecule is O.[2H][CH-][C@@H]([2H])O.[Cl][Pd+]. The van der Waals surface area contributed by atoms with Gasteiger partial charge >= 0.3 is 27.7 Å². The molecule has 44 valence electrons. The van der Waals surface area contributed by atoms with E-state index in [1.807, 2.05) is 0 Å². The number of aliphatic hydroxyl groups excluding tert-OH is 1. The van der Waals surface area contributed by atoms with Crippen LogP contribution in [0.5, 0.6) is 0 Å². The van der Waals surface area contributed by atoms with Crippen molar-refractivity contribution < 1.29 is 31.5 Å². The van der Waals surface area contributed by atoms with E-state index < -0.39 is 6.58 Å². The van der Waals surface area contributed by atoms with Crippen LogP contribution in [-0.2, 0) is 18.2 Å². The minimum absolute atomic E-state index is 0. The molecule has 0 aliphatic carbocycles. The molecule has 0 aromatic carbocycles. The molecule has 3 N–H and O–H groups in total. The maximum absolute atomic E-state index is 7.78. The summed E-state index contributed by atoms with van der Waals surface area (Å²) < 4.78 is 12.2. The van der Waals surface area contributed by atoms with Crippen molar-refractivity contribution in [2.45, 2.75) is 0 Å². The zero-order valence-electron chi connectivity index (χ0n) is 4.80. The maximum atomic E-state index is 7.78. The fourth-order valence-electron chi connectivity index (χ4n) is 0. The third-order valence-corrected chi connectivity index (χ3v) is 0. The first-order chi connectivity index (χ1) is 3.27. The number of hydrogen-bond donors (Lipinski definition) is 1. The third-order valence-electron chi connectivity index (χ3n) is 0. The number of aliphatic hydroxyl groups is 1. The van der Waals surface area contributed by atoms with Gasteiger partial charge in [-0.15, -0.1) is 0 Å². The van der Waals surface area contributed by atoms with E-state index in [9.17, 15) is 0 Å². The molecule has 0 aromatic rings. The van der Waals surface area contributed by atoms with Gasteiger partial charge in [-0.1, -0.05) is 6.58 Å². The first-order valence-corrected chi connectivity index (χ1v) is 2.71. The predicted molar refractivity (Wildman–Crippen MR) is 21.9 cm³/mol. The first-order valence-electron chi connectivity index (χ1n) is 1.87. The molecule has 1 atom stereocenters. The van der Waals surface area contributed by atoms with Gasteiger partial charge < -0.3 is 17.5 Å². The van der Waals surface area contributed by atoms with Crippen LogP contribution < -0.4 is 0 Å². The summed E-state index contributed by atoms with van der Waals surface area (Å²) in [7, 11) is 4.49. The molecule has 0 unspecified atom stereocenters. The number of hydrogen-bond acceptors (Lipinski definition) is 1. The molecule has 0 saturated carbocycles. The van der Waals surface area contributed by atoms with Crippen LogP contribution in [0.2, 0.25) is 0 Å². The fourth-order valence-corrected chi connectivity index (χ4v) is 0. The summed E-state index contributed by atoms with van der Waals surface area (Å²) in [6, 6.07) is 0. The van der Waals surface area contributed by atoms with Crippen molar-refractivity contribution in [1.29, 1.82) is 0 Å². The van der Waals surface area contributed by atoms with Crippen LogP contribution in [0.3, 0.4) is 0 Å². The van der Waals surface area contributed by atoms with E-state index >= 15 is 0 Å². The van der Waals surface area contributed by atoms with Crippen molar-refractivity contribution in [3.63, 3.8) is 0 Å². The van der Waals surface area contributed by atoms with E-state index in [0.717, 1.165) is 0 Å². The number of halogens is 1. The van der Waals surface area contributed by atoms with Gasteiger partial charge in [0.15, 0.2) is 0 Å². The van der Waals surface area contributed by atoms with E-state index in [2.05, 4.69) is 27.7 Å². The molecule has 0 fully saturated rings. The standard InChI is InChI=1S/C2H5O.ClH.H2O.Pd/c1-2-3;;;/h3H,1-2H2;1H;1H2;/q-1;;;+2/p-1/i1D,2D;;;/t2-;;;/m1.../s1. The van der Waals surface area contributed by atoms with Gasteiger partial charge in [-0.3, -0.25) is 0 Å². The van der Waals surface area contributed by atoms with E-state index in [4.69, 9.17) is 7.85 Å². The van der Waals surface area contributed by atoms with Crippen molar-refractivity contribution in [1.82, 2.24) is 0 Å². The molecule has 0 heterocycles. The zero-order chi connectivity index (χ0) is 6.28. The summed E-state index contributed by atoms with van der Waals surface area (Å²) in [4.78, 5) is 0. The molecular weight excluding hydrogens is 198 g/mol. The van der Waals surface area contributed by atoms with Crippen LogP contribution in [0.4, 0.5) is 0 Å². The summed E-state index contributed by atoms with van der Waals surface area (Å²) in [6.07, 6.45) is 0. The van der Waals surface area contributed by atoms with Crippen LogP contribution >= 0.6 is 9.53 Å². The van der Waals surface area contributed by atoms with Crippen LogP contribution in [0, 0.1) is 6.90 Å². The molecule has 0 bridgehead atoms. The van der Waals surface area contributed by atoms with Gasteiger partial charge in [0.05, 0.1) is 0 Å². The van der Waals surface area contributed by atoms with Crippen LogP contribution in [0.25, 0.3) is 0 Å². The molecule has 2 nitrogen and oxygen atoms in total. The molecular formula is C2H7ClO2Pd. The van der Waals surface area contributed by atoms with Gasteiger partial charge in [0, 0.05) is 1.37 Å². The van der Waals surface area contributed by atoms with Crippen molar-refractivity contribution in [2.75, 3.05) is 6.58 Å². The molecule has 4 heteroatoms. The molecule has 0 rings (SSSR count). The van der Waals surface area contributed by atoms with Gasteiger partial charge in [-0.05, 0) is 0 Å². The molecule has 0 aliphatic heterocycles. The fraction of sp³-hybridized carbons (Fsp3) is 0.500. The van der Waals surface area contributed by atoms with Gasteiger partial charge in [-0.25, -0.2) is 1.37 Å². The summed E-state index contributed by atoms with van der Waals surface area (Å²) in [6.45, 7) is -0.685. The van der Waals surface area contributed by atoms with E-state index in [-0.39, 0.29) is 5.48 Å². The average molecular weight is 207 g/mol. The van der Waals surface area contributed by atoms with Crippen molar-refractivity contribution >= 4 is 9.53 Å². The van der Waals surface area contributed by atoms with Gasteiger partial charge in [0.1, 0.15) is 0 Å². The Kier molecular flexibility index (Phi) is 45.5. The van der Waals surface area contributed by atoms with E-state index in [1.165, 1.54) is 0 Å². The topological polar surface area (TPSA) is 51.7 Å². The van der Waals surface area contributed by atoms with Crippen molar-refractivity contribution in [2.24, 2.45) is 0 Å². The van der Waals surface area contributed by atoms with Crippen LogP contribution in [0.15, 0.2) is 0 Å². The second-order valence-electron chi connectivity index (χ2n) is 0.149. The Morgan fingerprint density at radius 3 is 2.33 bits per heavy atom. The first kappa shape index (κ1) is 6.87. The summed E-state index contributed by atoms with van der Waals surface area (Å²) in [5, 5.41) is 7.78. The number of rotatable bonds is 1. The Labute approximate surface area is 55.0 Å².